The number of halogens is 1. The third-order valence-electron chi connectivity index (χ3n) is 3.68. The van der Waals surface area contributed by atoms with Gasteiger partial charge in [-0.1, -0.05) is 12.5 Å². The van der Waals surface area contributed by atoms with Crippen molar-refractivity contribution < 1.29 is 9.90 Å². The van der Waals surface area contributed by atoms with E-state index in [1.165, 1.54) is 0 Å². The van der Waals surface area contributed by atoms with Crippen molar-refractivity contribution in [3.63, 3.8) is 0 Å². The van der Waals surface area contributed by atoms with Crippen LogP contribution in [0.25, 0.3) is 0 Å². The van der Waals surface area contributed by atoms with Crippen LogP contribution in [-0.4, -0.2) is 23.8 Å². The van der Waals surface area contributed by atoms with Gasteiger partial charge in [-0.3, -0.25) is 0 Å². The van der Waals surface area contributed by atoms with E-state index < -0.39 is 0 Å². The number of benzene rings is 1. The highest BCUT2D eigenvalue weighted by Crippen LogP contribution is 2.24. The fourth-order valence-corrected chi connectivity index (χ4v) is 2.93. The van der Waals surface area contributed by atoms with Gasteiger partial charge in [-0.2, -0.15) is 0 Å². The van der Waals surface area contributed by atoms with Crippen molar-refractivity contribution in [3.05, 3.63) is 28.2 Å². The Morgan fingerprint density at radius 3 is 3.00 bits per heavy atom. The van der Waals surface area contributed by atoms with Crippen molar-refractivity contribution >= 4 is 27.6 Å². The first kappa shape index (κ1) is 15.3. The first-order valence-corrected chi connectivity index (χ1v) is 7.83. The van der Waals surface area contributed by atoms with Crippen molar-refractivity contribution in [3.8, 4) is 0 Å². The predicted octanol–water partition coefficient (Wildman–Crippen LogP) is 3.43. The standard InChI is InChI=1S/C15H21BrN2O2/c1-10-5-6-13(16)14(7-10)18-15(20)17-9-11-3-2-4-12(19)8-11/h5-7,11-12,19H,2-4,8-9H2,1H3,(H2,17,18,20). The van der Waals surface area contributed by atoms with Crippen LogP contribution in [0.3, 0.4) is 0 Å². The summed E-state index contributed by atoms with van der Waals surface area (Å²) in [4.78, 5) is 11.9. The maximum Gasteiger partial charge on any atom is 0.319 e. The number of hydrogen-bond donors (Lipinski definition) is 3. The molecule has 1 aliphatic carbocycles. The Labute approximate surface area is 128 Å². The second-order valence-corrected chi connectivity index (χ2v) is 6.36. The summed E-state index contributed by atoms with van der Waals surface area (Å²) >= 11 is 3.42. The number of aliphatic hydroxyl groups excluding tert-OH is 1. The third kappa shape index (κ3) is 4.49. The Kier molecular flexibility index (Phi) is 5.43. The van der Waals surface area contributed by atoms with Crippen molar-refractivity contribution in [2.45, 2.75) is 38.7 Å². The molecule has 20 heavy (non-hydrogen) atoms. The van der Waals surface area contributed by atoms with Gasteiger partial charge in [0, 0.05) is 11.0 Å². The highest BCUT2D eigenvalue weighted by Gasteiger charge is 2.20. The fourth-order valence-electron chi connectivity index (χ4n) is 2.59. The number of aliphatic hydroxyl groups is 1. The number of rotatable bonds is 3. The van der Waals surface area contributed by atoms with Gasteiger partial charge in [0.05, 0.1) is 11.8 Å². The maximum absolute atomic E-state index is 11.9. The molecule has 2 unspecified atom stereocenters. The first-order chi connectivity index (χ1) is 9.54. The molecule has 110 valence electrons. The lowest BCUT2D eigenvalue weighted by atomic mass is 9.87. The molecule has 2 atom stereocenters. The zero-order chi connectivity index (χ0) is 14.5. The number of carbonyl (C=O) groups is 1. The number of urea groups is 1. The largest absolute Gasteiger partial charge is 0.393 e. The second kappa shape index (κ2) is 7.09. The minimum Gasteiger partial charge on any atom is -0.393 e. The van der Waals surface area contributed by atoms with Crippen LogP contribution in [0.4, 0.5) is 10.5 Å². The second-order valence-electron chi connectivity index (χ2n) is 5.50. The van der Waals surface area contributed by atoms with E-state index >= 15 is 0 Å². The summed E-state index contributed by atoms with van der Waals surface area (Å²) in [5.74, 6) is 0.380. The van der Waals surface area contributed by atoms with Crippen molar-refractivity contribution in [2.75, 3.05) is 11.9 Å². The molecule has 3 N–H and O–H groups in total. The molecule has 1 aliphatic rings. The van der Waals surface area contributed by atoms with E-state index in [1.54, 1.807) is 0 Å². The Morgan fingerprint density at radius 1 is 1.45 bits per heavy atom. The van der Waals surface area contributed by atoms with E-state index in [9.17, 15) is 9.90 Å². The van der Waals surface area contributed by atoms with E-state index in [0.29, 0.717) is 12.5 Å². The molecule has 0 radical (unpaired) electrons. The lowest BCUT2D eigenvalue weighted by molar-refractivity contribution is 0.101. The number of anilines is 1. The van der Waals surface area contributed by atoms with E-state index in [-0.39, 0.29) is 12.1 Å². The quantitative estimate of drug-likeness (QED) is 0.789. The average Bonchev–Trinajstić information content (AvgIpc) is 2.41. The van der Waals surface area contributed by atoms with Gasteiger partial charge in [-0.15, -0.1) is 0 Å². The lowest BCUT2D eigenvalue weighted by Crippen LogP contribution is -2.35. The molecule has 0 aromatic heterocycles. The molecule has 5 heteroatoms. The molecular weight excluding hydrogens is 320 g/mol. The summed E-state index contributed by atoms with van der Waals surface area (Å²) in [6, 6.07) is 5.63. The lowest BCUT2D eigenvalue weighted by Gasteiger charge is -2.25. The predicted molar refractivity (Wildman–Crippen MR) is 83.9 cm³/mol. The summed E-state index contributed by atoms with van der Waals surface area (Å²) in [5.41, 5.74) is 1.87. The molecule has 1 fully saturated rings. The average molecular weight is 341 g/mol. The van der Waals surface area contributed by atoms with Gasteiger partial charge >= 0.3 is 6.03 Å². The summed E-state index contributed by atoms with van der Waals surface area (Å²) < 4.78 is 0.867. The Bertz CT molecular complexity index is 479. The van der Waals surface area contributed by atoms with Gasteiger partial charge in [0.1, 0.15) is 0 Å². The molecule has 2 amide bonds. The highest BCUT2D eigenvalue weighted by molar-refractivity contribution is 9.10. The van der Waals surface area contributed by atoms with E-state index in [2.05, 4.69) is 26.6 Å². The molecule has 1 aromatic rings. The zero-order valence-electron chi connectivity index (χ0n) is 11.7. The number of carbonyl (C=O) groups excluding carboxylic acids is 1. The first-order valence-electron chi connectivity index (χ1n) is 7.03. The van der Waals surface area contributed by atoms with Crippen molar-refractivity contribution in [1.82, 2.24) is 5.32 Å². The fraction of sp³-hybridized carbons (Fsp3) is 0.533. The van der Waals surface area contributed by atoms with Gasteiger partial charge in [0.2, 0.25) is 0 Å². The Hall–Kier alpha value is -1.07. The van der Waals surface area contributed by atoms with E-state index in [0.717, 1.165) is 41.4 Å². The van der Waals surface area contributed by atoms with Gasteiger partial charge in [0.15, 0.2) is 0 Å². The Balaban J connectivity index is 1.82. The minimum absolute atomic E-state index is 0.198. The number of nitrogens with one attached hydrogen (secondary N) is 2. The van der Waals surface area contributed by atoms with E-state index in [1.807, 2.05) is 25.1 Å². The molecule has 0 saturated heterocycles. The molecule has 0 aliphatic heterocycles. The summed E-state index contributed by atoms with van der Waals surface area (Å²) in [7, 11) is 0. The van der Waals surface area contributed by atoms with Gasteiger partial charge in [0.25, 0.3) is 0 Å². The van der Waals surface area contributed by atoms with Gasteiger partial charge in [-0.25, -0.2) is 4.79 Å². The monoisotopic (exact) mass is 340 g/mol. The highest BCUT2D eigenvalue weighted by atomic mass is 79.9. The van der Waals surface area contributed by atoms with Crippen LogP contribution in [0.5, 0.6) is 0 Å². The molecule has 1 aromatic carbocycles. The van der Waals surface area contributed by atoms with Crippen molar-refractivity contribution in [2.24, 2.45) is 5.92 Å². The maximum atomic E-state index is 11.9. The molecule has 0 heterocycles. The topological polar surface area (TPSA) is 61.4 Å². The van der Waals surface area contributed by atoms with Crippen LogP contribution < -0.4 is 10.6 Å². The van der Waals surface area contributed by atoms with Crippen LogP contribution in [0, 0.1) is 12.8 Å². The van der Waals surface area contributed by atoms with Crippen LogP contribution in [0.1, 0.15) is 31.2 Å². The van der Waals surface area contributed by atoms with E-state index in [4.69, 9.17) is 0 Å². The molecular formula is C15H21BrN2O2. The molecule has 1 saturated carbocycles. The smallest absolute Gasteiger partial charge is 0.319 e. The SMILES string of the molecule is Cc1ccc(Br)c(NC(=O)NCC2CCCC(O)C2)c1. The normalized spacial score (nSPS) is 22.4. The van der Waals surface area contributed by atoms with Crippen LogP contribution in [0.15, 0.2) is 22.7 Å². The zero-order valence-corrected chi connectivity index (χ0v) is 13.2. The minimum atomic E-state index is -0.204. The molecule has 4 nitrogen and oxygen atoms in total. The molecule has 0 spiro atoms. The van der Waals surface area contributed by atoms with Crippen molar-refractivity contribution in [1.29, 1.82) is 0 Å². The summed E-state index contributed by atoms with van der Waals surface area (Å²) in [6.07, 6.45) is 3.58. The van der Waals surface area contributed by atoms with Gasteiger partial charge < -0.3 is 15.7 Å². The molecule has 2 rings (SSSR count). The number of amides is 2. The Morgan fingerprint density at radius 2 is 2.25 bits per heavy atom. The summed E-state index contributed by atoms with van der Waals surface area (Å²) in [5, 5.41) is 15.3. The van der Waals surface area contributed by atoms with Crippen LogP contribution in [0.2, 0.25) is 0 Å². The number of hydrogen-bond acceptors (Lipinski definition) is 2. The van der Waals surface area contributed by atoms with Crippen LogP contribution in [-0.2, 0) is 0 Å². The number of aryl methyl sites for hydroxylation is 1. The van der Waals surface area contributed by atoms with Gasteiger partial charge in [-0.05, 0) is 65.7 Å². The molecule has 0 bridgehead atoms. The third-order valence-corrected chi connectivity index (χ3v) is 4.37. The van der Waals surface area contributed by atoms with Crippen LogP contribution >= 0.6 is 15.9 Å². The summed E-state index contributed by atoms with van der Waals surface area (Å²) in [6.45, 7) is 2.60.